The molecule has 12 atom stereocenters. The molecule has 0 aromatic carbocycles. The molecule has 0 aromatic heterocycles. The maximum atomic E-state index is 12.8. The van der Waals surface area contributed by atoms with E-state index in [0.29, 0.717) is 53.7 Å². The number of fused-ring (bicyclic) bond motifs is 4. The standard InChI is InChI=1S/C40H66N2O7.C2H6.CH4O.H2/c1-24(2)33(48-34(43)41(9)10)28-13-11-26-29(46-28)21-27-25-12-14-30-37(6,7)31(15-16-40(30)23-39(25,40)18-17-38(26,27)8)47-32-22-42(19-20-45-32)35(44)49-36(3,4)5;2*1-2;/h24-33H,11-23H2,1-10H3;1-2H3;2H,1H3;1H/t25?,26?,27?,28?,29?,30?,31-,32?,33+,38+,39-,40+;;;/m0.../s1. The summed E-state index contributed by atoms with van der Waals surface area (Å²) in [5.74, 6) is 2.95. The molecule has 2 aliphatic heterocycles. The highest BCUT2D eigenvalue weighted by atomic mass is 16.7. The fraction of sp³-hybridized carbons (Fsp3) is 0.953. The number of hydrogen-bond acceptors (Lipinski definition) is 8. The maximum absolute atomic E-state index is 12.8. The Bertz CT molecular complexity index is 1290. The molecule has 1 N–H and O–H groups in total. The molecule has 7 unspecified atom stereocenters. The van der Waals surface area contributed by atoms with E-state index in [9.17, 15) is 9.59 Å². The highest BCUT2D eigenvalue weighted by Crippen LogP contribution is 2.87. The minimum Gasteiger partial charge on any atom is -0.444 e. The van der Waals surface area contributed by atoms with Crippen LogP contribution in [0.1, 0.15) is 135 Å². The summed E-state index contributed by atoms with van der Waals surface area (Å²) in [4.78, 5) is 28.7. The molecule has 2 heterocycles. The monoisotopic (exact) mass is 751 g/mol. The summed E-state index contributed by atoms with van der Waals surface area (Å²) in [7, 11) is 4.50. The molecule has 7 rings (SSSR count). The van der Waals surface area contributed by atoms with Gasteiger partial charge in [-0.25, -0.2) is 9.59 Å². The summed E-state index contributed by atoms with van der Waals surface area (Å²) < 4.78 is 31.6. The van der Waals surface area contributed by atoms with Gasteiger partial charge in [-0.05, 0) is 136 Å². The predicted molar refractivity (Wildman–Crippen MR) is 208 cm³/mol. The van der Waals surface area contributed by atoms with Crippen molar-refractivity contribution in [3.8, 4) is 0 Å². The summed E-state index contributed by atoms with van der Waals surface area (Å²) >= 11 is 0. The number of hydrogen-bond donors (Lipinski definition) is 1. The molecule has 0 radical (unpaired) electrons. The average molecular weight is 751 g/mol. The number of morpholine rings is 1. The normalized spacial score (nSPS) is 41.3. The summed E-state index contributed by atoms with van der Waals surface area (Å²) in [6.07, 6.45) is 11.5. The van der Waals surface area contributed by atoms with Crippen molar-refractivity contribution in [2.24, 2.45) is 51.2 Å². The summed E-state index contributed by atoms with van der Waals surface area (Å²) in [6, 6.07) is 0. The number of aliphatic hydroxyl groups is 1. The van der Waals surface area contributed by atoms with E-state index in [0.717, 1.165) is 25.9 Å². The number of rotatable bonds is 5. The first-order valence-corrected chi connectivity index (χ1v) is 21.1. The summed E-state index contributed by atoms with van der Waals surface area (Å²) in [5.41, 5.74) is 0.750. The van der Waals surface area contributed by atoms with E-state index in [-0.39, 0.29) is 49.4 Å². The topological polar surface area (TPSA) is 107 Å². The van der Waals surface area contributed by atoms with Crippen LogP contribution in [0.15, 0.2) is 0 Å². The number of carbonyl (C=O) groups excluding carboxylic acids is 2. The van der Waals surface area contributed by atoms with Crippen molar-refractivity contribution in [1.82, 2.24) is 9.80 Å². The van der Waals surface area contributed by atoms with E-state index in [1.54, 1.807) is 19.0 Å². The third kappa shape index (κ3) is 7.50. The predicted octanol–water partition coefficient (Wildman–Crippen LogP) is 8.78. The van der Waals surface area contributed by atoms with Gasteiger partial charge >= 0.3 is 12.2 Å². The van der Waals surface area contributed by atoms with E-state index in [1.165, 1.54) is 56.3 Å². The lowest BCUT2D eigenvalue weighted by atomic mass is 9.46. The third-order valence-corrected chi connectivity index (χ3v) is 15.2. The first-order chi connectivity index (χ1) is 24.9. The van der Waals surface area contributed by atoms with E-state index >= 15 is 0 Å². The van der Waals surface area contributed by atoms with E-state index < -0.39 is 11.9 Å². The van der Waals surface area contributed by atoms with Crippen LogP contribution in [0, 0.1) is 51.2 Å². The largest absolute Gasteiger partial charge is 0.444 e. The lowest BCUT2D eigenvalue weighted by Gasteiger charge is -2.60. The SMILES string of the molecule is CC.CC(C)[C@@H](OC(=O)N(C)C)C1CCC2C(CC3C4CCC5C(C)(C)[C@@H](OC6CN(C(=O)OC(C)(C)C)CCO6)CC[C@@]56C[C@@]46CC[C@]23C)O1.CO.[HH]. The minimum atomic E-state index is -0.522. The molecule has 5 saturated carbocycles. The lowest BCUT2D eigenvalue weighted by molar-refractivity contribution is -0.243. The van der Waals surface area contributed by atoms with Crippen molar-refractivity contribution < 1.29 is 39.8 Å². The second kappa shape index (κ2) is 15.7. The first-order valence-electron chi connectivity index (χ1n) is 21.1. The second-order valence-corrected chi connectivity index (χ2v) is 19.7. The van der Waals surface area contributed by atoms with Gasteiger partial charge in [-0.3, -0.25) is 0 Å². The van der Waals surface area contributed by atoms with Crippen molar-refractivity contribution in [3.63, 3.8) is 0 Å². The highest BCUT2D eigenvalue weighted by molar-refractivity contribution is 5.68. The van der Waals surface area contributed by atoms with Gasteiger partial charge in [0, 0.05) is 29.2 Å². The molecule has 2 saturated heterocycles. The molecule has 7 aliphatic rings. The van der Waals surface area contributed by atoms with Crippen LogP contribution in [0.25, 0.3) is 0 Å². The van der Waals surface area contributed by atoms with Crippen molar-refractivity contribution in [2.45, 2.75) is 170 Å². The fourth-order valence-electron chi connectivity index (χ4n) is 13.0. The molecule has 0 aromatic rings. The number of carbonyl (C=O) groups is 2. The Morgan fingerprint density at radius 1 is 0.925 bits per heavy atom. The number of aliphatic hydroxyl groups excluding tert-OH is 1. The third-order valence-electron chi connectivity index (χ3n) is 15.2. The van der Waals surface area contributed by atoms with Crippen molar-refractivity contribution in [2.75, 3.05) is 40.9 Å². The highest BCUT2D eigenvalue weighted by Gasteiger charge is 2.80. The smallest absolute Gasteiger partial charge is 0.410 e. The second-order valence-electron chi connectivity index (χ2n) is 19.7. The number of nitrogens with zero attached hydrogens (tertiary/aromatic N) is 2. The van der Waals surface area contributed by atoms with Gasteiger partial charge in [0.05, 0.1) is 31.5 Å². The Morgan fingerprint density at radius 2 is 1.60 bits per heavy atom. The van der Waals surface area contributed by atoms with Gasteiger partial charge < -0.3 is 38.6 Å². The van der Waals surface area contributed by atoms with Crippen LogP contribution in [0.4, 0.5) is 9.59 Å². The minimum absolute atomic E-state index is 0. The molecule has 0 bridgehead atoms. The average Bonchev–Trinajstić information content (AvgIpc) is 3.69. The Kier molecular flexibility index (Phi) is 12.6. The maximum Gasteiger partial charge on any atom is 0.410 e. The first kappa shape index (κ1) is 42.5. The quantitative estimate of drug-likeness (QED) is 0.297. The van der Waals surface area contributed by atoms with Crippen LogP contribution < -0.4 is 0 Å². The number of ether oxygens (including phenoxy) is 5. The van der Waals surface area contributed by atoms with Crippen LogP contribution in [0.3, 0.4) is 0 Å². The van der Waals surface area contributed by atoms with E-state index in [1.807, 2.05) is 34.6 Å². The van der Waals surface area contributed by atoms with Gasteiger partial charge in [0.2, 0.25) is 0 Å². The van der Waals surface area contributed by atoms with Gasteiger partial charge in [0.15, 0.2) is 6.29 Å². The van der Waals surface area contributed by atoms with Gasteiger partial charge in [-0.15, -0.1) is 0 Å². The van der Waals surface area contributed by atoms with Crippen LogP contribution in [-0.4, -0.2) is 104 Å². The zero-order chi connectivity index (χ0) is 39.3. The van der Waals surface area contributed by atoms with E-state index in [4.69, 9.17) is 28.8 Å². The molecule has 2 amide bonds. The van der Waals surface area contributed by atoms with Gasteiger partial charge in [-0.2, -0.15) is 0 Å². The molecular weight excluding hydrogens is 672 g/mol. The van der Waals surface area contributed by atoms with Gasteiger partial charge in [0.1, 0.15) is 11.7 Å². The molecule has 308 valence electrons. The van der Waals surface area contributed by atoms with Crippen LogP contribution in [0.5, 0.6) is 0 Å². The lowest BCUT2D eigenvalue weighted by Crippen LogP contribution is -2.56. The molecule has 5 aliphatic carbocycles. The zero-order valence-electron chi connectivity index (χ0n) is 35.7. The van der Waals surface area contributed by atoms with Crippen molar-refractivity contribution >= 4 is 12.2 Å². The van der Waals surface area contributed by atoms with Gasteiger partial charge in [0.25, 0.3) is 0 Å². The van der Waals surface area contributed by atoms with Crippen molar-refractivity contribution in [3.05, 3.63) is 0 Å². The number of amides is 2. The molecule has 2 spiro atoms. The molecule has 10 nitrogen and oxygen atoms in total. The fourth-order valence-corrected chi connectivity index (χ4v) is 13.0. The summed E-state index contributed by atoms with van der Waals surface area (Å²) in [5, 5.41) is 7.00. The Labute approximate surface area is 323 Å². The van der Waals surface area contributed by atoms with Crippen LogP contribution in [0.2, 0.25) is 0 Å². The molecular formula is C43H78N2O8. The van der Waals surface area contributed by atoms with Crippen LogP contribution in [-0.2, 0) is 23.7 Å². The van der Waals surface area contributed by atoms with Crippen molar-refractivity contribution in [1.29, 1.82) is 0 Å². The zero-order valence-corrected chi connectivity index (χ0v) is 35.7. The van der Waals surface area contributed by atoms with Crippen LogP contribution >= 0.6 is 0 Å². The van der Waals surface area contributed by atoms with E-state index in [2.05, 4.69) is 34.6 Å². The molecule has 7 fully saturated rings. The molecule has 10 heteroatoms. The van der Waals surface area contributed by atoms with Gasteiger partial charge in [-0.1, -0.05) is 48.5 Å². The molecule has 53 heavy (non-hydrogen) atoms. The summed E-state index contributed by atoms with van der Waals surface area (Å²) in [6.45, 7) is 23.0. The Hall–Kier alpha value is -1.62. The Balaban J connectivity index is 0.00000126. The Morgan fingerprint density at radius 3 is 2.25 bits per heavy atom.